The Balaban J connectivity index is 2.33. The van der Waals surface area contributed by atoms with Crippen molar-refractivity contribution >= 4 is 37.3 Å². The highest BCUT2D eigenvalue weighted by Gasteiger charge is 2.15. The van der Waals surface area contributed by atoms with Gasteiger partial charge in [-0.2, -0.15) is 0 Å². The number of nitrogens with one attached hydrogen (secondary N) is 1. The monoisotopic (exact) mass is 356 g/mol. The molecule has 0 amide bonds. The molecule has 0 aliphatic heterocycles. The molecule has 3 N–H and O–H groups in total. The van der Waals surface area contributed by atoms with Crippen molar-refractivity contribution in [3.05, 3.63) is 46.9 Å². The number of benzene rings is 2. The van der Waals surface area contributed by atoms with Gasteiger partial charge in [-0.15, -0.1) is 0 Å². The molecule has 0 bridgehead atoms. The molecule has 2 rings (SSSR count). The number of nitrogens with two attached hydrogens (primary N) is 1. The van der Waals surface area contributed by atoms with Crippen molar-refractivity contribution < 1.29 is 13.2 Å². The summed E-state index contributed by atoms with van der Waals surface area (Å²) in [6.07, 6.45) is 0. The zero-order valence-corrected chi connectivity index (χ0v) is 13.0. The summed E-state index contributed by atoms with van der Waals surface area (Å²) in [7, 11) is -2.18. The highest BCUT2D eigenvalue weighted by atomic mass is 79.9. The van der Waals surface area contributed by atoms with Crippen molar-refractivity contribution in [2.45, 2.75) is 4.90 Å². The molecule has 2 aromatic rings. The van der Waals surface area contributed by atoms with E-state index in [1.807, 2.05) is 0 Å². The number of hydrogen-bond donors (Lipinski definition) is 2. The number of sulfonamides is 1. The topological polar surface area (TPSA) is 81.4 Å². The van der Waals surface area contributed by atoms with E-state index in [1.54, 1.807) is 24.3 Å². The van der Waals surface area contributed by atoms with E-state index in [9.17, 15) is 8.42 Å². The van der Waals surface area contributed by atoms with Gasteiger partial charge in [0.25, 0.3) is 10.0 Å². The lowest BCUT2D eigenvalue weighted by Gasteiger charge is -2.11. The van der Waals surface area contributed by atoms with Crippen molar-refractivity contribution in [3.63, 3.8) is 0 Å². The number of anilines is 2. The zero-order valence-electron chi connectivity index (χ0n) is 10.6. The fraction of sp³-hybridized carbons (Fsp3) is 0.0769. The van der Waals surface area contributed by atoms with Crippen LogP contribution in [0.5, 0.6) is 5.75 Å². The first-order valence-corrected chi connectivity index (χ1v) is 7.92. The van der Waals surface area contributed by atoms with Crippen LogP contribution in [0.3, 0.4) is 0 Å². The Kier molecular flexibility index (Phi) is 4.20. The van der Waals surface area contributed by atoms with Gasteiger partial charge in [-0.1, -0.05) is 22.0 Å². The van der Waals surface area contributed by atoms with Crippen LogP contribution in [0.2, 0.25) is 0 Å². The molecule has 0 heterocycles. The van der Waals surface area contributed by atoms with E-state index < -0.39 is 10.0 Å². The smallest absolute Gasteiger partial charge is 0.261 e. The van der Waals surface area contributed by atoms with Gasteiger partial charge in [0.2, 0.25) is 0 Å². The molecule has 0 aliphatic carbocycles. The van der Waals surface area contributed by atoms with Crippen LogP contribution in [-0.4, -0.2) is 15.5 Å². The predicted octanol–water partition coefficient (Wildman–Crippen LogP) is 2.84. The Hall–Kier alpha value is -1.73. The second kappa shape index (κ2) is 5.72. The van der Waals surface area contributed by atoms with E-state index >= 15 is 0 Å². The minimum absolute atomic E-state index is 0.169. The maximum absolute atomic E-state index is 12.2. The van der Waals surface area contributed by atoms with E-state index in [1.165, 1.54) is 25.3 Å². The van der Waals surface area contributed by atoms with Gasteiger partial charge in [-0.25, -0.2) is 8.42 Å². The molecule has 0 unspecified atom stereocenters. The fourth-order valence-corrected chi connectivity index (χ4v) is 3.27. The molecule has 5 nitrogen and oxygen atoms in total. The summed E-state index contributed by atoms with van der Waals surface area (Å²) in [5.41, 5.74) is 6.51. The summed E-state index contributed by atoms with van der Waals surface area (Å²) in [6.45, 7) is 0. The minimum atomic E-state index is -3.65. The molecule has 20 heavy (non-hydrogen) atoms. The van der Waals surface area contributed by atoms with Crippen LogP contribution in [0.1, 0.15) is 0 Å². The van der Waals surface area contributed by atoms with E-state index in [0.717, 1.165) is 0 Å². The van der Waals surface area contributed by atoms with E-state index in [-0.39, 0.29) is 4.90 Å². The lowest BCUT2D eigenvalue weighted by molar-refractivity contribution is 0.417. The van der Waals surface area contributed by atoms with Crippen molar-refractivity contribution in [3.8, 4) is 5.75 Å². The maximum Gasteiger partial charge on any atom is 0.261 e. The first-order chi connectivity index (χ1) is 9.42. The summed E-state index contributed by atoms with van der Waals surface area (Å²) >= 11 is 3.24. The summed E-state index contributed by atoms with van der Waals surface area (Å²) in [6, 6.07) is 11.1. The molecule has 0 aromatic heterocycles. The lowest BCUT2D eigenvalue weighted by Crippen LogP contribution is -2.13. The summed E-state index contributed by atoms with van der Waals surface area (Å²) in [5, 5.41) is 0. The second-order valence-corrected chi connectivity index (χ2v) is 6.62. The summed E-state index contributed by atoms with van der Waals surface area (Å²) < 4.78 is 32.7. The predicted molar refractivity (Wildman–Crippen MR) is 82.4 cm³/mol. The van der Waals surface area contributed by atoms with Crippen LogP contribution in [-0.2, 0) is 10.0 Å². The molecule has 0 fully saturated rings. The number of halogens is 1. The second-order valence-electron chi connectivity index (χ2n) is 4.02. The summed E-state index contributed by atoms with van der Waals surface area (Å²) in [4.78, 5) is 0.169. The average molecular weight is 357 g/mol. The van der Waals surface area contributed by atoms with Crippen molar-refractivity contribution in [2.24, 2.45) is 0 Å². The van der Waals surface area contributed by atoms with Gasteiger partial charge in [-0.3, -0.25) is 4.72 Å². The van der Waals surface area contributed by atoms with Gasteiger partial charge in [-0.05, 0) is 30.3 Å². The summed E-state index contributed by atoms with van der Waals surface area (Å²) in [5.74, 6) is 0.416. The molecule has 0 radical (unpaired) electrons. The van der Waals surface area contributed by atoms with Crippen LogP contribution in [0.25, 0.3) is 0 Å². The van der Waals surface area contributed by atoms with Crippen LogP contribution in [0.4, 0.5) is 11.4 Å². The quantitative estimate of drug-likeness (QED) is 0.825. The van der Waals surface area contributed by atoms with E-state index in [4.69, 9.17) is 10.5 Å². The Morgan fingerprint density at radius 2 is 1.95 bits per heavy atom. The van der Waals surface area contributed by atoms with Gasteiger partial charge in [0, 0.05) is 10.5 Å². The molecular weight excluding hydrogens is 344 g/mol. The van der Waals surface area contributed by atoms with Crippen LogP contribution in [0.15, 0.2) is 51.8 Å². The highest BCUT2D eigenvalue weighted by molar-refractivity contribution is 9.10. The SMILES string of the molecule is COc1cc(NS(=O)(=O)c2cccc(Br)c2)ccc1N. The third-order valence-electron chi connectivity index (χ3n) is 2.59. The Labute approximate surface area is 125 Å². The molecule has 106 valence electrons. The third-order valence-corrected chi connectivity index (χ3v) is 4.46. The van der Waals surface area contributed by atoms with Crippen molar-refractivity contribution in [1.82, 2.24) is 0 Å². The number of rotatable bonds is 4. The minimum Gasteiger partial charge on any atom is -0.495 e. The van der Waals surface area contributed by atoms with Crippen LogP contribution >= 0.6 is 15.9 Å². The number of methoxy groups -OCH3 is 1. The molecule has 0 aliphatic rings. The van der Waals surface area contributed by atoms with E-state index in [2.05, 4.69) is 20.7 Å². The molecule has 0 saturated heterocycles. The number of ether oxygens (including phenoxy) is 1. The molecule has 7 heteroatoms. The van der Waals surface area contributed by atoms with Gasteiger partial charge >= 0.3 is 0 Å². The third kappa shape index (κ3) is 3.23. The molecular formula is C13H13BrN2O3S. The number of hydrogen-bond acceptors (Lipinski definition) is 4. The Morgan fingerprint density at radius 3 is 2.60 bits per heavy atom. The van der Waals surface area contributed by atoms with Crippen LogP contribution < -0.4 is 15.2 Å². The van der Waals surface area contributed by atoms with Crippen molar-refractivity contribution in [2.75, 3.05) is 17.6 Å². The fourth-order valence-electron chi connectivity index (χ4n) is 1.62. The largest absolute Gasteiger partial charge is 0.495 e. The Morgan fingerprint density at radius 1 is 1.20 bits per heavy atom. The lowest BCUT2D eigenvalue weighted by atomic mass is 10.2. The average Bonchev–Trinajstić information content (AvgIpc) is 2.40. The number of nitrogen functional groups attached to an aromatic ring is 1. The van der Waals surface area contributed by atoms with Gasteiger partial charge in [0.05, 0.1) is 23.4 Å². The highest BCUT2D eigenvalue weighted by Crippen LogP contribution is 2.27. The van der Waals surface area contributed by atoms with E-state index in [0.29, 0.717) is 21.6 Å². The first kappa shape index (κ1) is 14.7. The van der Waals surface area contributed by atoms with Crippen molar-refractivity contribution in [1.29, 1.82) is 0 Å². The molecule has 0 saturated carbocycles. The molecule has 0 atom stereocenters. The Bertz CT molecular complexity index is 732. The maximum atomic E-state index is 12.2. The van der Waals surface area contributed by atoms with Gasteiger partial charge in [0.15, 0.2) is 0 Å². The van der Waals surface area contributed by atoms with Gasteiger partial charge < -0.3 is 10.5 Å². The zero-order chi connectivity index (χ0) is 14.8. The molecule has 0 spiro atoms. The normalized spacial score (nSPS) is 11.1. The standard InChI is InChI=1S/C13H13BrN2O3S/c1-19-13-8-10(5-6-12(13)15)16-20(17,18)11-4-2-3-9(14)7-11/h2-8,16H,15H2,1H3. The van der Waals surface area contributed by atoms with Gasteiger partial charge in [0.1, 0.15) is 5.75 Å². The first-order valence-electron chi connectivity index (χ1n) is 5.64. The molecule has 2 aromatic carbocycles. The van der Waals surface area contributed by atoms with Crippen LogP contribution in [0, 0.1) is 0 Å².